The molecule has 5 nitrogen and oxygen atoms in total. The Morgan fingerprint density at radius 1 is 1.00 bits per heavy atom. The van der Waals surface area contributed by atoms with Crippen LogP contribution in [-0.4, -0.2) is 5.91 Å². The van der Waals surface area contributed by atoms with E-state index in [0.717, 1.165) is 20.8 Å². The molecule has 1 aromatic heterocycles. The minimum Gasteiger partial charge on any atom is -0.489 e. The number of benzene rings is 3. The van der Waals surface area contributed by atoms with Gasteiger partial charge in [-0.1, -0.05) is 34.1 Å². The molecule has 0 saturated heterocycles. The van der Waals surface area contributed by atoms with Crippen molar-refractivity contribution in [1.82, 2.24) is 0 Å². The number of fused-ring (bicyclic) bond motifs is 3. The molecule has 4 aromatic rings. The number of amides is 1. The first-order valence-corrected chi connectivity index (χ1v) is 9.44. The summed E-state index contributed by atoms with van der Waals surface area (Å²) in [5.41, 5.74) is 1.59. The molecule has 0 saturated carbocycles. The van der Waals surface area contributed by atoms with Crippen molar-refractivity contribution in [2.45, 2.75) is 13.5 Å². The van der Waals surface area contributed by atoms with E-state index < -0.39 is 5.63 Å². The average Bonchev–Trinajstić information content (AvgIpc) is 2.67. The molecule has 28 heavy (non-hydrogen) atoms. The summed E-state index contributed by atoms with van der Waals surface area (Å²) in [6, 6.07) is 18.5. The number of hydrogen-bond acceptors (Lipinski definition) is 4. The summed E-state index contributed by atoms with van der Waals surface area (Å²) in [5.74, 6) is 0.421. The lowest BCUT2D eigenvalue weighted by Gasteiger charge is -2.09. The minimum absolute atomic E-state index is 0.197. The van der Waals surface area contributed by atoms with Gasteiger partial charge in [-0.15, -0.1) is 0 Å². The zero-order valence-corrected chi connectivity index (χ0v) is 16.6. The third-order valence-electron chi connectivity index (χ3n) is 4.32. The summed E-state index contributed by atoms with van der Waals surface area (Å²) in [4.78, 5) is 23.7. The van der Waals surface area contributed by atoms with E-state index in [0.29, 0.717) is 29.0 Å². The number of hydrogen-bond donors (Lipinski definition) is 1. The lowest BCUT2D eigenvalue weighted by molar-refractivity contribution is -0.114. The van der Waals surface area contributed by atoms with E-state index in [4.69, 9.17) is 9.15 Å². The van der Waals surface area contributed by atoms with Crippen molar-refractivity contribution in [3.05, 3.63) is 81.1 Å². The molecule has 0 atom stereocenters. The number of halogens is 1. The minimum atomic E-state index is -0.459. The molecule has 0 radical (unpaired) electrons. The molecule has 1 amide bonds. The third-order valence-corrected chi connectivity index (χ3v) is 4.85. The summed E-state index contributed by atoms with van der Waals surface area (Å²) in [6.07, 6.45) is 0. The van der Waals surface area contributed by atoms with E-state index in [2.05, 4.69) is 21.2 Å². The van der Waals surface area contributed by atoms with Crippen LogP contribution in [-0.2, 0) is 11.4 Å². The second-order valence-electron chi connectivity index (χ2n) is 6.40. The van der Waals surface area contributed by atoms with Crippen molar-refractivity contribution in [2.75, 3.05) is 5.32 Å². The van der Waals surface area contributed by atoms with Gasteiger partial charge in [0.25, 0.3) is 0 Å². The van der Waals surface area contributed by atoms with Crippen molar-refractivity contribution in [1.29, 1.82) is 0 Å². The lowest BCUT2D eigenvalue weighted by Crippen LogP contribution is -2.07. The first-order chi connectivity index (χ1) is 13.5. The van der Waals surface area contributed by atoms with Crippen molar-refractivity contribution in [3.63, 3.8) is 0 Å². The van der Waals surface area contributed by atoms with Crippen LogP contribution in [0.3, 0.4) is 0 Å². The highest BCUT2D eigenvalue weighted by molar-refractivity contribution is 9.10. The van der Waals surface area contributed by atoms with Crippen LogP contribution in [0.4, 0.5) is 5.69 Å². The van der Waals surface area contributed by atoms with E-state index in [1.165, 1.54) is 6.92 Å². The van der Waals surface area contributed by atoms with Crippen molar-refractivity contribution < 1.29 is 13.9 Å². The fraction of sp³-hybridized carbons (Fsp3) is 0.0909. The Morgan fingerprint density at radius 3 is 2.50 bits per heavy atom. The molecule has 1 N–H and O–H groups in total. The van der Waals surface area contributed by atoms with E-state index >= 15 is 0 Å². The molecule has 0 aliphatic rings. The topological polar surface area (TPSA) is 68.5 Å². The predicted octanol–water partition coefficient (Wildman–Crippen LogP) is 5.25. The Bertz CT molecular complexity index is 1250. The Labute approximate surface area is 169 Å². The fourth-order valence-electron chi connectivity index (χ4n) is 3.03. The second-order valence-corrected chi connectivity index (χ2v) is 7.32. The quantitative estimate of drug-likeness (QED) is 0.349. The van der Waals surface area contributed by atoms with E-state index in [1.54, 1.807) is 18.2 Å². The standard InChI is InChI=1S/C22H16BrNO4/c1-13(25)24-16-6-8-18-19-9-7-17(11-21(19)28-22(26)20(18)10-16)27-12-14-2-4-15(23)5-3-14/h2-11H,12H2,1H3,(H,24,25). The molecule has 1 heterocycles. The Morgan fingerprint density at radius 2 is 1.75 bits per heavy atom. The van der Waals surface area contributed by atoms with Crippen LogP contribution in [0.1, 0.15) is 12.5 Å². The van der Waals surface area contributed by atoms with Crippen LogP contribution >= 0.6 is 15.9 Å². The molecular weight excluding hydrogens is 422 g/mol. The zero-order valence-electron chi connectivity index (χ0n) is 15.0. The first-order valence-electron chi connectivity index (χ1n) is 8.65. The van der Waals surface area contributed by atoms with Gasteiger partial charge in [0.1, 0.15) is 17.9 Å². The van der Waals surface area contributed by atoms with Gasteiger partial charge in [-0.05, 0) is 42.0 Å². The average molecular weight is 438 g/mol. The highest BCUT2D eigenvalue weighted by atomic mass is 79.9. The van der Waals surface area contributed by atoms with Crippen molar-refractivity contribution in [2.24, 2.45) is 0 Å². The normalized spacial score (nSPS) is 10.9. The van der Waals surface area contributed by atoms with Gasteiger partial charge in [-0.2, -0.15) is 0 Å². The van der Waals surface area contributed by atoms with Gasteiger partial charge in [0.05, 0.1) is 5.39 Å². The van der Waals surface area contributed by atoms with Crippen molar-refractivity contribution >= 4 is 49.3 Å². The van der Waals surface area contributed by atoms with E-state index in [9.17, 15) is 9.59 Å². The molecule has 0 unspecified atom stereocenters. The molecule has 4 rings (SSSR count). The van der Waals surface area contributed by atoms with Gasteiger partial charge in [-0.3, -0.25) is 4.79 Å². The van der Waals surface area contributed by atoms with E-state index in [1.807, 2.05) is 42.5 Å². The summed E-state index contributed by atoms with van der Waals surface area (Å²) >= 11 is 3.41. The molecule has 3 aromatic carbocycles. The highest BCUT2D eigenvalue weighted by Crippen LogP contribution is 2.28. The van der Waals surface area contributed by atoms with Gasteiger partial charge in [0.2, 0.25) is 5.91 Å². The second kappa shape index (κ2) is 7.48. The van der Waals surface area contributed by atoms with Crippen LogP contribution in [0.5, 0.6) is 5.75 Å². The molecule has 6 heteroatoms. The number of rotatable bonds is 4. The highest BCUT2D eigenvalue weighted by Gasteiger charge is 2.10. The number of carbonyl (C=O) groups is 1. The number of carbonyl (C=O) groups excluding carboxylic acids is 1. The SMILES string of the molecule is CC(=O)Nc1ccc2c(c1)c(=O)oc1cc(OCc3ccc(Br)cc3)ccc12. The molecule has 0 aliphatic carbocycles. The monoisotopic (exact) mass is 437 g/mol. The maximum atomic E-state index is 12.4. The maximum absolute atomic E-state index is 12.4. The Hall–Kier alpha value is -3.12. The molecule has 0 fully saturated rings. The zero-order chi connectivity index (χ0) is 19.7. The fourth-order valence-corrected chi connectivity index (χ4v) is 3.29. The Kier molecular flexibility index (Phi) is 4.88. The van der Waals surface area contributed by atoms with Gasteiger partial charge in [-0.25, -0.2) is 4.79 Å². The largest absolute Gasteiger partial charge is 0.489 e. The molecule has 0 aliphatic heterocycles. The van der Waals surface area contributed by atoms with Gasteiger partial charge in [0, 0.05) is 33.9 Å². The first kappa shape index (κ1) is 18.3. The maximum Gasteiger partial charge on any atom is 0.344 e. The predicted molar refractivity (Wildman–Crippen MR) is 113 cm³/mol. The number of nitrogens with one attached hydrogen (secondary N) is 1. The van der Waals surface area contributed by atoms with Crippen LogP contribution in [0.15, 0.2) is 74.3 Å². The molecule has 140 valence electrons. The number of anilines is 1. The van der Waals surface area contributed by atoms with Crippen LogP contribution < -0.4 is 15.7 Å². The van der Waals surface area contributed by atoms with Crippen LogP contribution in [0, 0.1) is 0 Å². The Balaban J connectivity index is 1.67. The summed E-state index contributed by atoms with van der Waals surface area (Å²) in [7, 11) is 0. The van der Waals surface area contributed by atoms with Crippen LogP contribution in [0.25, 0.3) is 21.7 Å². The number of ether oxygens (including phenoxy) is 1. The third kappa shape index (κ3) is 3.77. The van der Waals surface area contributed by atoms with E-state index in [-0.39, 0.29) is 5.91 Å². The smallest absolute Gasteiger partial charge is 0.344 e. The molecular formula is C22H16BrNO4. The lowest BCUT2D eigenvalue weighted by atomic mass is 10.1. The molecule has 0 spiro atoms. The van der Waals surface area contributed by atoms with Crippen LogP contribution in [0.2, 0.25) is 0 Å². The summed E-state index contributed by atoms with van der Waals surface area (Å²) < 4.78 is 12.3. The van der Waals surface area contributed by atoms with Gasteiger partial charge in [0.15, 0.2) is 0 Å². The van der Waals surface area contributed by atoms with Crippen molar-refractivity contribution in [3.8, 4) is 5.75 Å². The van der Waals surface area contributed by atoms with Gasteiger partial charge < -0.3 is 14.5 Å². The summed E-state index contributed by atoms with van der Waals surface area (Å²) in [6.45, 7) is 1.83. The molecule has 0 bridgehead atoms. The van der Waals surface area contributed by atoms with Gasteiger partial charge >= 0.3 is 5.63 Å². The summed E-state index contributed by atoms with van der Waals surface area (Å²) in [5, 5.41) is 4.66.